The maximum Gasteiger partial charge on any atom is 0.0497 e. The molecule has 0 radical (unpaired) electrons. The first kappa shape index (κ1) is 35.3. The molecule has 0 aliphatic heterocycles. The molecule has 1 aliphatic rings. The molecule has 0 spiro atoms. The fourth-order valence-corrected chi connectivity index (χ4v) is 4.43. The van der Waals surface area contributed by atoms with Crippen LogP contribution in [0.2, 0.25) is 0 Å². The monoisotopic (exact) mass is 486 g/mol. The molecule has 0 aromatic heterocycles. The van der Waals surface area contributed by atoms with Gasteiger partial charge in [0.05, 0.1) is 0 Å². The van der Waals surface area contributed by atoms with Crippen LogP contribution in [-0.2, 0) is 11.8 Å². The standard InChI is InChI=1S/C24H18.6C2H6/c1-3-12-20(13-4-1)24(21-14-5-2-6-15-21)17-19-11-7-9-18-10-8-16-22(24)23(18)19;6*1-2/h1-16H,17H2;6*1-2H3. The summed E-state index contributed by atoms with van der Waals surface area (Å²) in [7, 11) is 0. The Morgan fingerprint density at radius 1 is 0.417 bits per heavy atom. The van der Waals surface area contributed by atoms with Crippen molar-refractivity contribution in [1.82, 2.24) is 0 Å². The molecule has 0 bridgehead atoms. The maximum absolute atomic E-state index is 2.32. The van der Waals surface area contributed by atoms with Gasteiger partial charge in [0.2, 0.25) is 0 Å². The van der Waals surface area contributed by atoms with Crippen LogP contribution < -0.4 is 0 Å². The van der Waals surface area contributed by atoms with Crippen molar-refractivity contribution in [1.29, 1.82) is 0 Å². The molecule has 0 saturated heterocycles. The third-order valence-corrected chi connectivity index (χ3v) is 5.44. The van der Waals surface area contributed by atoms with Gasteiger partial charge in [0.25, 0.3) is 0 Å². The molecule has 0 saturated carbocycles. The van der Waals surface area contributed by atoms with E-state index in [0.29, 0.717) is 0 Å². The van der Waals surface area contributed by atoms with E-state index in [9.17, 15) is 0 Å². The van der Waals surface area contributed by atoms with E-state index in [1.807, 2.05) is 83.1 Å². The van der Waals surface area contributed by atoms with Crippen molar-refractivity contribution in [2.24, 2.45) is 0 Å². The Morgan fingerprint density at radius 3 is 1.22 bits per heavy atom. The predicted molar refractivity (Wildman–Crippen MR) is 169 cm³/mol. The van der Waals surface area contributed by atoms with Crippen LogP contribution >= 0.6 is 0 Å². The van der Waals surface area contributed by atoms with Gasteiger partial charge in [-0.05, 0) is 39.4 Å². The van der Waals surface area contributed by atoms with Crippen LogP contribution in [0.25, 0.3) is 10.8 Å². The van der Waals surface area contributed by atoms with E-state index in [-0.39, 0.29) is 5.41 Å². The smallest absolute Gasteiger partial charge is 0.0497 e. The van der Waals surface area contributed by atoms with Crippen LogP contribution in [-0.4, -0.2) is 0 Å². The minimum absolute atomic E-state index is 0.0916. The van der Waals surface area contributed by atoms with Crippen LogP contribution in [0.1, 0.15) is 105 Å². The van der Waals surface area contributed by atoms with Crippen molar-refractivity contribution in [3.05, 3.63) is 119 Å². The van der Waals surface area contributed by atoms with E-state index in [1.165, 1.54) is 33.0 Å². The lowest BCUT2D eigenvalue weighted by Gasteiger charge is -2.32. The minimum atomic E-state index is -0.0916. The molecule has 0 unspecified atom stereocenters. The molecule has 0 heterocycles. The lowest BCUT2D eigenvalue weighted by molar-refractivity contribution is 0.641. The molecule has 0 heteroatoms. The van der Waals surface area contributed by atoms with E-state index in [2.05, 4.69) is 97.1 Å². The summed E-state index contributed by atoms with van der Waals surface area (Å²) in [6.45, 7) is 24.0. The van der Waals surface area contributed by atoms with E-state index in [1.54, 1.807) is 0 Å². The molecule has 36 heavy (non-hydrogen) atoms. The van der Waals surface area contributed by atoms with Gasteiger partial charge in [-0.25, -0.2) is 0 Å². The first-order valence-electron chi connectivity index (χ1n) is 14.5. The van der Waals surface area contributed by atoms with Crippen molar-refractivity contribution in [2.45, 2.75) is 94.9 Å². The van der Waals surface area contributed by atoms with Gasteiger partial charge in [-0.2, -0.15) is 0 Å². The van der Waals surface area contributed by atoms with Crippen LogP contribution in [0.5, 0.6) is 0 Å². The summed E-state index contributed by atoms with van der Waals surface area (Å²) in [6, 6.07) is 35.4. The van der Waals surface area contributed by atoms with Crippen LogP contribution in [0, 0.1) is 0 Å². The molecule has 5 rings (SSSR count). The molecular weight excluding hydrogens is 432 g/mol. The van der Waals surface area contributed by atoms with Gasteiger partial charge in [0, 0.05) is 5.41 Å². The van der Waals surface area contributed by atoms with Gasteiger partial charge >= 0.3 is 0 Å². The molecule has 4 aromatic carbocycles. The second-order valence-corrected chi connectivity index (χ2v) is 6.63. The quantitative estimate of drug-likeness (QED) is 0.264. The lowest BCUT2D eigenvalue weighted by Crippen LogP contribution is -2.28. The third-order valence-electron chi connectivity index (χ3n) is 5.44. The Kier molecular flexibility index (Phi) is 21.0. The van der Waals surface area contributed by atoms with Crippen molar-refractivity contribution in [3.8, 4) is 0 Å². The summed E-state index contributed by atoms with van der Waals surface area (Å²) < 4.78 is 0. The Bertz CT molecular complexity index is 969. The number of benzene rings is 4. The summed E-state index contributed by atoms with van der Waals surface area (Å²) in [5.74, 6) is 0. The highest BCUT2D eigenvalue weighted by Crippen LogP contribution is 2.50. The molecule has 4 aromatic rings. The normalized spacial score (nSPS) is 10.9. The average molecular weight is 487 g/mol. The Hall–Kier alpha value is -2.86. The fourth-order valence-electron chi connectivity index (χ4n) is 4.43. The Morgan fingerprint density at radius 2 is 0.806 bits per heavy atom. The van der Waals surface area contributed by atoms with Crippen LogP contribution in [0.4, 0.5) is 0 Å². The molecular formula is C36H54. The fraction of sp³-hybridized carbons (Fsp3) is 0.389. The average Bonchev–Trinajstić information content (AvgIpc) is 3.37. The van der Waals surface area contributed by atoms with E-state index < -0.39 is 0 Å². The molecule has 0 fully saturated rings. The molecule has 1 aliphatic carbocycles. The molecule has 0 amide bonds. The highest BCUT2D eigenvalue weighted by molar-refractivity contribution is 5.94. The molecule has 198 valence electrons. The predicted octanol–water partition coefficient (Wildman–Crippen LogP) is 11.9. The van der Waals surface area contributed by atoms with Crippen molar-refractivity contribution < 1.29 is 0 Å². The zero-order valence-electron chi connectivity index (χ0n) is 25.4. The van der Waals surface area contributed by atoms with Gasteiger partial charge in [-0.15, -0.1) is 0 Å². The van der Waals surface area contributed by atoms with E-state index in [0.717, 1.165) is 6.42 Å². The van der Waals surface area contributed by atoms with Gasteiger partial charge in [-0.3, -0.25) is 0 Å². The van der Waals surface area contributed by atoms with E-state index >= 15 is 0 Å². The zero-order chi connectivity index (χ0) is 28.0. The van der Waals surface area contributed by atoms with Crippen molar-refractivity contribution >= 4 is 10.8 Å². The Labute approximate surface area is 224 Å². The van der Waals surface area contributed by atoms with Gasteiger partial charge in [-0.1, -0.05) is 180 Å². The van der Waals surface area contributed by atoms with Crippen LogP contribution in [0.3, 0.4) is 0 Å². The summed E-state index contributed by atoms with van der Waals surface area (Å²) in [4.78, 5) is 0. The zero-order valence-corrected chi connectivity index (χ0v) is 25.4. The van der Waals surface area contributed by atoms with Crippen molar-refractivity contribution in [2.75, 3.05) is 0 Å². The highest BCUT2D eigenvalue weighted by atomic mass is 14.4. The third kappa shape index (κ3) is 7.82. The molecule has 0 nitrogen and oxygen atoms in total. The summed E-state index contributed by atoms with van der Waals surface area (Å²) in [6.07, 6.45) is 1.03. The SMILES string of the molecule is CC.CC.CC.CC.CC.CC.c1ccc(C2(c3ccccc3)Cc3cccc4cccc2c34)cc1. The minimum Gasteiger partial charge on any atom is -0.0683 e. The largest absolute Gasteiger partial charge is 0.0683 e. The number of hydrogen-bond donors (Lipinski definition) is 0. The second-order valence-electron chi connectivity index (χ2n) is 6.63. The lowest BCUT2D eigenvalue weighted by atomic mass is 9.70. The summed E-state index contributed by atoms with van der Waals surface area (Å²) in [5.41, 5.74) is 5.55. The second kappa shape index (κ2) is 21.4. The summed E-state index contributed by atoms with van der Waals surface area (Å²) in [5, 5.41) is 2.78. The van der Waals surface area contributed by atoms with Gasteiger partial charge in [0.15, 0.2) is 0 Å². The Balaban J connectivity index is 0. The summed E-state index contributed by atoms with van der Waals surface area (Å²) >= 11 is 0. The van der Waals surface area contributed by atoms with Gasteiger partial charge in [0.1, 0.15) is 0 Å². The first-order chi connectivity index (χ1) is 17.9. The maximum atomic E-state index is 2.32. The van der Waals surface area contributed by atoms with E-state index in [4.69, 9.17) is 0 Å². The highest BCUT2D eigenvalue weighted by Gasteiger charge is 2.42. The van der Waals surface area contributed by atoms with Crippen LogP contribution in [0.15, 0.2) is 97.1 Å². The first-order valence-corrected chi connectivity index (χ1v) is 14.5. The van der Waals surface area contributed by atoms with Gasteiger partial charge < -0.3 is 0 Å². The number of rotatable bonds is 2. The number of hydrogen-bond acceptors (Lipinski definition) is 0. The van der Waals surface area contributed by atoms with Crippen molar-refractivity contribution in [3.63, 3.8) is 0 Å². The molecule has 0 atom stereocenters. The molecule has 0 N–H and O–H groups in total. The topological polar surface area (TPSA) is 0 Å².